The van der Waals surface area contributed by atoms with Crippen LogP contribution in [0.5, 0.6) is 17.2 Å². The molecular formula is C34H40O5. The Morgan fingerprint density at radius 3 is 2.08 bits per heavy atom. The van der Waals surface area contributed by atoms with Gasteiger partial charge in [0, 0.05) is 17.2 Å². The largest absolute Gasteiger partial charge is 0.497 e. The number of fused-ring (bicyclic) bond motifs is 1. The molecule has 0 bridgehead atoms. The van der Waals surface area contributed by atoms with Crippen molar-refractivity contribution in [2.45, 2.75) is 64.9 Å². The number of esters is 1. The van der Waals surface area contributed by atoms with Crippen molar-refractivity contribution in [1.82, 2.24) is 0 Å². The van der Waals surface area contributed by atoms with E-state index < -0.39 is 0 Å². The molecule has 0 saturated carbocycles. The molecule has 0 spiro atoms. The summed E-state index contributed by atoms with van der Waals surface area (Å²) in [7, 11) is 3.34. The second-order valence-corrected chi connectivity index (χ2v) is 11.3. The first-order valence-corrected chi connectivity index (χ1v) is 13.6. The van der Waals surface area contributed by atoms with Gasteiger partial charge in [0.1, 0.15) is 23.9 Å². The number of hydrogen-bond donors (Lipinski definition) is 0. The molecule has 0 heterocycles. The molecule has 0 aliphatic heterocycles. The fraction of sp³-hybridized carbons (Fsp3) is 0.382. The summed E-state index contributed by atoms with van der Waals surface area (Å²) in [6, 6.07) is 18.4. The van der Waals surface area contributed by atoms with Crippen molar-refractivity contribution in [2.75, 3.05) is 20.8 Å². The average molecular weight is 529 g/mol. The average Bonchev–Trinajstić information content (AvgIpc) is 2.93. The van der Waals surface area contributed by atoms with Crippen LogP contribution in [0.1, 0.15) is 69.7 Å². The van der Waals surface area contributed by atoms with Gasteiger partial charge in [0.05, 0.1) is 20.8 Å². The van der Waals surface area contributed by atoms with Gasteiger partial charge < -0.3 is 18.9 Å². The van der Waals surface area contributed by atoms with Gasteiger partial charge in [-0.1, -0.05) is 45.9 Å². The molecule has 5 heteroatoms. The second-order valence-electron chi connectivity index (χ2n) is 11.3. The summed E-state index contributed by atoms with van der Waals surface area (Å²) >= 11 is 0. The molecule has 1 aliphatic rings. The maximum Gasteiger partial charge on any atom is 0.330 e. The summed E-state index contributed by atoms with van der Waals surface area (Å²) in [4.78, 5) is 11.9. The number of hydrogen-bond acceptors (Lipinski definition) is 5. The van der Waals surface area contributed by atoms with Crippen molar-refractivity contribution in [1.29, 1.82) is 0 Å². The molecular weight excluding hydrogens is 488 g/mol. The summed E-state index contributed by atoms with van der Waals surface area (Å²) in [6.07, 6.45) is 5.44. The molecule has 4 rings (SSSR count). The highest BCUT2D eigenvalue weighted by atomic mass is 16.5. The van der Waals surface area contributed by atoms with Crippen LogP contribution in [0.3, 0.4) is 0 Å². The third-order valence-corrected chi connectivity index (χ3v) is 7.72. The normalized spacial score (nSPS) is 15.5. The summed E-state index contributed by atoms with van der Waals surface area (Å²) in [5, 5.41) is 0. The van der Waals surface area contributed by atoms with Crippen LogP contribution in [0, 0.1) is 0 Å². The van der Waals surface area contributed by atoms with Crippen LogP contribution in [0.15, 0.2) is 60.7 Å². The summed E-state index contributed by atoms with van der Waals surface area (Å²) in [6.45, 7) is 11.8. The molecule has 5 nitrogen and oxygen atoms in total. The lowest BCUT2D eigenvalue weighted by Crippen LogP contribution is -2.33. The van der Waals surface area contributed by atoms with Gasteiger partial charge >= 0.3 is 5.97 Å². The summed E-state index contributed by atoms with van der Waals surface area (Å²) in [5.74, 6) is 2.00. The zero-order chi connectivity index (χ0) is 28.2. The van der Waals surface area contributed by atoms with Gasteiger partial charge in [0.15, 0.2) is 0 Å². The molecule has 3 aromatic carbocycles. The van der Waals surface area contributed by atoms with Crippen molar-refractivity contribution in [3.63, 3.8) is 0 Å². The van der Waals surface area contributed by atoms with Gasteiger partial charge in [-0.25, -0.2) is 4.79 Å². The lowest BCUT2D eigenvalue weighted by molar-refractivity contribution is -0.137. The van der Waals surface area contributed by atoms with Crippen molar-refractivity contribution in [3.05, 3.63) is 82.9 Å². The first-order chi connectivity index (χ1) is 18.6. The highest BCUT2D eigenvalue weighted by molar-refractivity contribution is 5.88. The van der Waals surface area contributed by atoms with Crippen LogP contribution in [-0.2, 0) is 27.0 Å². The summed E-state index contributed by atoms with van der Waals surface area (Å²) < 4.78 is 22.7. The Kier molecular flexibility index (Phi) is 8.39. The Morgan fingerprint density at radius 2 is 1.46 bits per heavy atom. The Morgan fingerprint density at radius 1 is 0.821 bits per heavy atom. The quantitative estimate of drug-likeness (QED) is 0.209. The third kappa shape index (κ3) is 6.30. The van der Waals surface area contributed by atoms with Crippen LogP contribution < -0.4 is 14.2 Å². The minimum absolute atomic E-state index is 0.0305. The van der Waals surface area contributed by atoms with E-state index in [4.69, 9.17) is 18.9 Å². The van der Waals surface area contributed by atoms with Gasteiger partial charge in [0.2, 0.25) is 0 Å². The lowest BCUT2D eigenvalue weighted by Gasteiger charge is -2.42. The van der Waals surface area contributed by atoms with E-state index in [-0.39, 0.29) is 16.8 Å². The standard InChI is InChI=1S/C34H40O5/c1-8-38-32(35)16-12-23-11-15-30(37-7)26(19-23)27-20-28-29(34(4,5)18-17-33(28,2)3)21-31(27)39-22-24-9-13-25(36-6)14-10-24/h9-16,19-21H,8,17-18,22H2,1-7H3. The Labute approximate surface area is 232 Å². The second kappa shape index (κ2) is 11.6. The maximum absolute atomic E-state index is 11.9. The topological polar surface area (TPSA) is 54.0 Å². The van der Waals surface area contributed by atoms with Gasteiger partial charge in [-0.2, -0.15) is 0 Å². The number of methoxy groups -OCH3 is 2. The Bertz CT molecular complexity index is 1350. The van der Waals surface area contributed by atoms with Crippen LogP contribution in [0.4, 0.5) is 0 Å². The third-order valence-electron chi connectivity index (χ3n) is 7.72. The molecule has 0 saturated heterocycles. The van der Waals surface area contributed by atoms with E-state index in [2.05, 4.69) is 39.8 Å². The fourth-order valence-corrected chi connectivity index (χ4v) is 5.20. The number of benzene rings is 3. The maximum atomic E-state index is 11.9. The van der Waals surface area contributed by atoms with Crippen molar-refractivity contribution >= 4 is 12.0 Å². The number of carbonyl (C=O) groups is 1. The molecule has 0 aromatic heterocycles. The molecule has 0 fully saturated rings. The predicted octanol–water partition coefficient (Wildman–Crippen LogP) is 7.88. The lowest BCUT2D eigenvalue weighted by atomic mass is 9.62. The van der Waals surface area contributed by atoms with Crippen LogP contribution in [0.25, 0.3) is 17.2 Å². The molecule has 39 heavy (non-hydrogen) atoms. The van der Waals surface area contributed by atoms with Gasteiger partial charge in [0.25, 0.3) is 0 Å². The minimum atomic E-state index is -0.365. The molecule has 1 aliphatic carbocycles. The molecule has 0 N–H and O–H groups in total. The number of rotatable bonds is 9. The van der Waals surface area contributed by atoms with E-state index in [0.717, 1.165) is 52.3 Å². The van der Waals surface area contributed by atoms with Gasteiger partial charge in [-0.15, -0.1) is 0 Å². The van der Waals surface area contributed by atoms with E-state index in [0.29, 0.717) is 13.2 Å². The molecule has 0 amide bonds. The van der Waals surface area contributed by atoms with E-state index in [1.807, 2.05) is 42.5 Å². The van der Waals surface area contributed by atoms with Crippen LogP contribution in [-0.4, -0.2) is 26.8 Å². The summed E-state index contributed by atoms with van der Waals surface area (Å²) in [5.41, 5.74) is 6.53. The first-order valence-electron chi connectivity index (χ1n) is 13.6. The monoisotopic (exact) mass is 528 g/mol. The van der Waals surface area contributed by atoms with Crippen molar-refractivity contribution in [3.8, 4) is 28.4 Å². The van der Waals surface area contributed by atoms with Crippen LogP contribution >= 0.6 is 0 Å². The Hall–Kier alpha value is -3.73. The smallest absolute Gasteiger partial charge is 0.330 e. The highest BCUT2D eigenvalue weighted by Gasteiger charge is 2.38. The Balaban J connectivity index is 1.84. The van der Waals surface area contributed by atoms with E-state index in [1.165, 1.54) is 17.2 Å². The zero-order valence-corrected chi connectivity index (χ0v) is 24.2. The molecule has 0 atom stereocenters. The molecule has 3 aromatic rings. The number of carbonyl (C=O) groups excluding carboxylic acids is 1. The first kappa shape index (κ1) is 28.3. The fourth-order valence-electron chi connectivity index (χ4n) is 5.20. The van der Waals surface area contributed by atoms with E-state index >= 15 is 0 Å². The predicted molar refractivity (Wildman–Crippen MR) is 157 cm³/mol. The van der Waals surface area contributed by atoms with Crippen LogP contribution in [0.2, 0.25) is 0 Å². The minimum Gasteiger partial charge on any atom is -0.497 e. The van der Waals surface area contributed by atoms with Crippen molar-refractivity contribution < 1.29 is 23.7 Å². The van der Waals surface area contributed by atoms with Gasteiger partial charge in [-0.05, 0) is 95.3 Å². The zero-order valence-electron chi connectivity index (χ0n) is 24.2. The molecule has 0 unspecified atom stereocenters. The van der Waals surface area contributed by atoms with Crippen molar-refractivity contribution in [2.24, 2.45) is 0 Å². The number of ether oxygens (including phenoxy) is 4. The van der Waals surface area contributed by atoms with Gasteiger partial charge in [-0.3, -0.25) is 0 Å². The highest BCUT2D eigenvalue weighted by Crippen LogP contribution is 2.50. The molecule has 0 radical (unpaired) electrons. The molecule has 206 valence electrons. The SMILES string of the molecule is CCOC(=O)C=Cc1ccc(OC)c(-c2cc3c(cc2OCc2ccc(OC)cc2)C(C)(C)CCC3(C)C)c1. The van der Waals surface area contributed by atoms with E-state index in [1.54, 1.807) is 27.2 Å². The van der Waals surface area contributed by atoms with E-state index in [9.17, 15) is 4.79 Å².